The van der Waals surface area contributed by atoms with E-state index in [2.05, 4.69) is 9.82 Å². The SMILES string of the molecule is COc1cccc([C@@H]2CC(c3ccc(NS(C)(=O)=O)cc3)=NN2C(=O)C(C)(C)C)c1. The first-order valence-electron chi connectivity index (χ1n) is 9.61. The predicted octanol–water partition coefficient (Wildman–Crippen LogP) is 3.79. The van der Waals surface area contributed by atoms with Gasteiger partial charge in [0.15, 0.2) is 0 Å². The molecular formula is C22H27N3O4S. The highest BCUT2D eigenvalue weighted by molar-refractivity contribution is 7.92. The van der Waals surface area contributed by atoms with E-state index < -0.39 is 15.4 Å². The predicted molar refractivity (Wildman–Crippen MR) is 118 cm³/mol. The highest BCUT2D eigenvalue weighted by atomic mass is 32.2. The van der Waals surface area contributed by atoms with E-state index in [1.165, 1.54) is 0 Å². The van der Waals surface area contributed by atoms with Gasteiger partial charge in [-0.05, 0) is 35.4 Å². The number of carbonyl (C=O) groups is 1. The van der Waals surface area contributed by atoms with Gasteiger partial charge in [-0.3, -0.25) is 9.52 Å². The van der Waals surface area contributed by atoms with Crippen LogP contribution in [0, 0.1) is 5.41 Å². The summed E-state index contributed by atoms with van der Waals surface area (Å²) in [4.78, 5) is 13.1. The summed E-state index contributed by atoms with van der Waals surface area (Å²) >= 11 is 0. The van der Waals surface area contributed by atoms with Gasteiger partial charge in [0.25, 0.3) is 0 Å². The Bertz CT molecular complexity index is 1070. The van der Waals surface area contributed by atoms with Gasteiger partial charge in [0.2, 0.25) is 15.9 Å². The summed E-state index contributed by atoms with van der Waals surface area (Å²) in [5.41, 5.74) is 2.45. The average molecular weight is 430 g/mol. The van der Waals surface area contributed by atoms with E-state index in [9.17, 15) is 13.2 Å². The third kappa shape index (κ3) is 4.99. The first-order valence-corrected chi connectivity index (χ1v) is 11.5. The molecule has 0 aromatic heterocycles. The fourth-order valence-corrected chi connectivity index (χ4v) is 3.83. The number of carbonyl (C=O) groups excluding carboxylic acids is 1. The van der Waals surface area contributed by atoms with Crippen molar-refractivity contribution < 1.29 is 17.9 Å². The lowest BCUT2D eigenvalue weighted by Crippen LogP contribution is -2.36. The lowest BCUT2D eigenvalue weighted by atomic mass is 9.93. The molecule has 160 valence electrons. The maximum absolute atomic E-state index is 13.1. The normalized spacial score (nSPS) is 16.9. The fourth-order valence-electron chi connectivity index (χ4n) is 3.27. The number of methoxy groups -OCH3 is 1. The zero-order chi connectivity index (χ0) is 22.1. The topological polar surface area (TPSA) is 88.1 Å². The number of hydrogen-bond acceptors (Lipinski definition) is 5. The largest absolute Gasteiger partial charge is 0.497 e. The fraction of sp³-hybridized carbons (Fsp3) is 0.364. The Labute approximate surface area is 177 Å². The number of benzene rings is 2. The van der Waals surface area contributed by atoms with Crippen molar-refractivity contribution in [3.63, 3.8) is 0 Å². The molecule has 7 nitrogen and oxygen atoms in total. The van der Waals surface area contributed by atoms with Crippen LogP contribution in [0.4, 0.5) is 5.69 Å². The number of rotatable bonds is 5. The molecule has 0 saturated heterocycles. The van der Waals surface area contributed by atoms with E-state index >= 15 is 0 Å². The molecule has 0 fully saturated rings. The summed E-state index contributed by atoms with van der Waals surface area (Å²) in [5.74, 6) is 0.654. The second kappa shape index (κ2) is 8.10. The van der Waals surface area contributed by atoms with Crippen molar-refractivity contribution >= 4 is 27.3 Å². The summed E-state index contributed by atoms with van der Waals surface area (Å²) in [5, 5.41) is 6.23. The average Bonchev–Trinajstić information content (AvgIpc) is 3.11. The van der Waals surface area contributed by atoms with Crippen LogP contribution < -0.4 is 9.46 Å². The van der Waals surface area contributed by atoms with E-state index in [1.807, 2.05) is 45.0 Å². The molecule has 0 unspecified atom stereocenters. The molecule has 1 N–H and O–H groups in total. The molecule has 1 amide bonds. The highest BCUT2D eigenvalue weighted by Crippen LogP contribution is 2.37. The molecule has 0 aliphatic carbocycles. The van der Waals surface area contributed by atoms with Crippen LogP contribution in [-0.2, 0) is 14.8 Å². The van der Waals surface area contributed by atoms with Crippen molar-refractivity contribution in [2.24, 2.45) is 10.5 Å². The molecule has 1 heterocycles. The molecule has 30 heavy (non-hydrogen) atoms. The van der Waals surface area contributed by atoms with Crippen molar-refractivity contribution in [2.45, 2.75) is 33.2 Å². The maximum atomic E-state index is 13.1. The first kappa shape index (κ1) is 21.8. The minimum atomic E-state index is -3.34. The minimum absolute atomic E-state index is 0.0688. The molecule has 8 heteroatoms. The Hall–Kier alpha value is -2.87. The molecule has 1 aliphatic rings. The number of ether oxygens (including phenoxy) is 1. The zero-order valence-electron chi connectivity index (χ0n) is 17.8. The number of hydrogen-bond donors (Lipinski definition) is 1. The van der Waals surface area contributed by atoms with Crippen molar-refractivity contribution in [1.82, 2.24) is 5.01 Å². The van der Waals surface area contributed by atoms with Gasteiger partial charge in [0.05, 0.1) is 25.1 Å². The summed E-state index contributed by atoms with van der Waals surface area (Å²) in [7, 11) is -1.73. The van der Waals surface area contributed by atoms with Crippen LogP contribution in [0.25, 0.3) is 0 Å². The summed E-state index contributed by atoms with van der Waals surface area (Å²) in [6, 6.07) is 14.4. The van der Waals surface area contributed by atoms with Gasteiger partial charge < -0.3 is 4.74 Å². The van der Waals surface area contributed by atoms with Gasteiger partial charge in [-0.2, -0.15) is 5.10 Å². The highest BCUT2D eigenvalue weighted by Gasteiger charge is 2.38. The molecule has 1 atom stereocenters. The van der Waals surface area contributed by atoms with Crippen LogP contribution in [0.2, 0.25) is 0 Å². The third-order valence-electron chi connectivity index (χ3n) is 4.76. The van der Waals surface area contributed by atoms with Crippen LogP contribution >= 0.6 is 0 Å². The Balaban J connectivity index is 1.95. The van der Waals surface area contributed by atoms with Crippen LogP contribution in [0.1, 0.15) is 44.4 Å². The quantitative estimate of drug-likeness (QED) is 0.783. The molecule has 0 saturated carbocycles. The van der Waals surface area contributed by atoms with Crippen molar-refractivity contribution in [3.05, 3.63) is 59.7 Å². The number of sulfonamides is 1. The number of nitrogens with one attached hydrogen (secondary N) is 1. The van der Waals surface area contributed by atoms with Crippen LogP contribution in [0.15, 0.2) is 53.6 Å². The third-order valence-corrected chi connectivity index (χ3v) is 5.37. The number of amides is 1. The van der Waals surface area contributed by atoms with Crippen molar-refractivity contribution in [1.29, 1.82) is 0 Å². The van der Waals surface area contributed by atoms with Crippen molar-refractivity contribution in [2.75, 3.05) is 18.1 Å². The van der Waals surface area contributed by atoms with Crippen LogP contribution in [-0.4, -0.2) is 38.4 Å². The molecule has 2 aromatic carbocycles. The van der Waals surface area contributed by atoms with Crippen LogP contribution in [0.5, 0.6) is 5.75 Å². The second-order valence-electron chi connectivity index (χ2n) is 8.39. The summed E-state index contributed by atoms with van der Waals surface area (Å²) in [6.45, 7) is 5.62. The Morgan fingerprint density at radius 3 is 2.40 bits per heavy atom. The Morgan fingerprint density at radius 2 is 1.83 bits per heavy atom. The molecule has 0 spiro atoms. The number of anilines is 1. The molecule has 3 rings (SSSR count). The molecule has 1 aliphatic heterocycles. The number of nitrogens with zero attached hydrogens (tertiary/aromatic N) is 2. The Morgan fingerprint density at radius 1 is 1.17 bits per heavy atom. The van der Waals surface area contributed by atoms with E-state index in [1.54, 1.807) is 36.4 Å². The maximum Gasteiger partial charge on any atom is 0.248 e. The van der Waals surface area contributed by atoms with Gasteiger partial charge in [-0.25, -0.2) is 13.4 Å². The van der Waals surface area contributed by atoms with E-state index in [4.69, 9.17) is 4.74 Å². The lowest BCUT2D eigenvalue weighted by Gasteiger charge is -2.28. The minimum Gasteiger partial charge on any atom is -0.497 e. The van der Waals surface area contributed by atoms with E-state index in [0.717, 1.165) is 28.8 Å². The monoisotopic (exact) mass is 429 g/mol. The molecule has 0 bridgehead atoms. The van der Waals surface area contributed by atoms with Gasteiger partial charge >= 0.3 is 0 Å². The summed E-state index contributed by atoms with van der Waals surface area (Å²) in [6.07, 6.45) is 1.66. The standard InChI is InChI=1S/C22H27N3O4S/c1-22(2,3)21(26)25-20(16-7-6-8-18(13-16)29-4)14-19(23-25)15-9-11-17(12-10-15)24-30(5,27)28/h6-13,20,24H,14H2,1-5H3/t20-/m0/s1. The van der Waals surface area contributed by atoms with Crippen molar-refractivity contribution in [3.8, 4) is 5.75 Å². The van der Waals surface area contributed by atoms with Gasteiger partial charge in [-0.15, -0.1) is 0 Å². The Kier molecular flexibility index (Phi) is 5.90. The van der Waals surface area contributed by atoms with E-state index in [0.29, 0.717) is 12.1 Å². The van der Waals surface area contributed by atoms with Crippen LogP contribution in [0.3, 0.4) is 0 Å². The molecule has 2 aromatic rings. The lowest BCUT2D eigenvalue weighted by molar-refractivity contribution is -0.141. The first-order chi connectivity index (χ1) is 14.0. The smallest absolute Gasteiger partial charge is 0.248 e. The summed E-state index contributed by atoms with van der Waals surface area (Å²) < 4.78 is 30.6. The second-order valence-corrected chi connectivity index (χ2v) is 10.1. The van der Waals surface area contributed by atoms with Gasteiger partial charge in [-0.1, -0.05) is 45.0 Å². The van der Waals surface area contributed by atoms with Gasteiger partial charge in [0.1, 0.15) is 5.75 Å². The molecule has 0 radical (unpaired) electrons. The van der Waals surface area contributed by atoms with Gasteiger partial charge in [0, 0.05) is 17.5 Å². The molecular weight excluding hydrogens is 402 g/mol. The van der Waals surface area contributed by atoms with E-state index in [-0.39, 0.29) is 11.9 Å². The zero-order valence-corrected chi connectivity index (χ0v) is 18.7. The number of hydrazone groups is 1.